The highest BCUT2D eigenvalue weighted by molar-refractivity contribution is 9.10. The average Bonchev–Trinajstić information content (AvgIpc) is 2.90. The molecule has 0 atom stereocenters. The van der Waals surface area contributed by atoms with Gasteiger partial charge in [0.15, 0.2) is 0 Å². The number of aromatic nitrogens is 3. The summed E-state index contributed by atoms with van der Waals surface area (Å²) in [6.07, 6.45) is 8.71. The van der Waals surface area contributed by atoms with Gasteiger partial charge in [0.05, 0.1) is 5.54 Å². The van der Waals surface area contributed by atoms with Crippen LogP contribution in [0.3, 0.4) is 0 Å². The number of nitrogens with two attached hydrogens (primary N) is 1. The first-order chi connectivity index (χ1) is 9.17. The van der Waals surface area contributed by atoms with E-state index in [1.165, 1.54) is 6.42 Å². The molecule has 0 bridgehead atoms. The van der Waals surface area contributed by atoms with Crippen molar-refractivity contribution in [3.05, 3.63) is 28.8 Å². The molecule has 2 aromatic rings. The molecule has 5 nitrogen and oxygen atoms in total. The van der Waals surface area contributed by atoms with Gasteiger partial charge in [-0.25, -0.2) is 0 Å². The van der Waals surface area contributed by atoms with Crippen molar-refractivity contribution >= 4 is 15.9 Å². The number of rotatable bonds is 2. The maximum Gasteiger partial charge on any atom is 0.247 e. The van der Waals surface area contributed by atoms with Gasteiger partial charge in [0.2, 0.25) is 11.7 Å². The number of nitrogens with zero attached hydrogens (tertiary/aromatic N) is 3. The SMILES string of the molecule is NC1(c2nc(-c3cncc(Br)c3)no2)CCCCC1. The molecule has 0 spiro atoms. The molecule has 2 aromatic heterocycles. The predicted molar refractivity (Wildman–Crippen MR) is 74.2 cm³/mol. The van der Waals surface area contributed by atoms with Crippen LogP contribution in [0.25, 0.3) is 11.4 Å². The smallest absolute Gasteiger partial charge is 0.247 e. The Morgan fingerprint density at radius 3 is 2.74 bits per heavy atom. The van der Waals surface area contributed by atoms with Crippen molar-refractivity contribution < 1.29 is 4.52 Å². The van der Waals surface area contributed by atoms with Crippen LogP contribution in [0.15, 0.2) is 27.5 Å². The standard InChI is InChI=1S/C13H15BrN4O/c14-10-6-9(7-16-8-10)11-17-12(19-18-11)13(15)4-2-1-3-5-13/h6-8H,1-5,15H2. The fourth-order valence-electron chi connectivity index (χ4n) is 2.47. The van der Waals surface area contributed by atoms with Crippen LogP contribution < -0.4 is 5.73 Å². The van der Waals surface area contributed by atoms with E-state index in [1.807, 2.05) is 6.07 Å². The first-order valence-electron chi connectivity index (χ1n) is 6.41. The van der Waals surface area contributed by atoms with E-state index in [0.717, 1.165) is 35.7 Å². The van der Waals surface area contributed by atoms with Crippen molar-refractivity contribution in [1.82, 2.24) is 15.1 Å². The van der Waals surface area contributed by atoms with Crippen molar-refractivity contribution in [2.45, 2.75) is 37.6 Å². The molecule has 2 N–H and O–H groups in total. The highest BCUT2D eigenvalue weighted by Gasteiger charge is 2.35. The zero-order valence-corrected chi connectivity index (χ0v) is 12.1. The van der Waals surface area contributed by atoms with E-state index in [4.69, 9.17) is 10.3 Å². The van der Waals surface area contributed by atoms with Crippen molar-refractivity contribution in [1.29, 1.82) is 0 Å². The fraction of sp³-hybridized carbons (Fsp3) is 0.462. The number of hydrogen-bond acceptors (Lipinski definition) is 5. The Labute approximate surface area is 119 Å². The van der Waals surface area contributed by atoms with E-state index in [2.05, 4.69) is 31.1 Å². The predicted octanol–water partition coefficient (Wildman–Crippen LogP) is 3.01. The van der Waals surface area contributed by atoms with E-state index in [-0.39, 0.29) is 0 Å². The molecule has 100 valence electrons. The summed E-state index contributed by atoms with van der Waals surface area (Å²) in [5, 5.41) is 4.02. The topological polar surface area (TPSA) is 77.8 Å². The molecule has 3 rings (SSSR count). The van der Waals surface area contributed by atoms with Crippen LogP contribution in [0.4, 0.5) is 0 Å². The quantitative estimate of drug-likeness (QED) is 0.919. The van der Waals surface area contributed by atoms with Crippen LogP contribution in [-0.2, 0) is 5.54 Å². The van der Waals surface area contributed by atoms with E-state index >= 15 is 0 Å². The third-order valence-electron chi connectivity index (χ3n) is 3.56. The normalized spacial score (nSPS) is 18.4. The summed E-state index contributed by atoms with van der Waals surface area (Å²) in [4.78, 5) is 8.55. The minimum absolute atomic E-state index is 0.455. The van der Waals surface area contributed by atoms with Crippen LogP contribution in [-0.4, -0.2) is 15.1 Å². The van der Waals surface area contributed by atoms with E-state index < -0.39 is 5.54 Å². The molecular weight excluding hydrogens is 308 g/mol. The van der Waals surface area contributed by atoms with Gasteiger partial charge in [-0.1, -0.05) is 24.4 Å². The lowest BCUT2D eigenvalue weighted by atomic mass is 9.82. The number of hydrogen-bond donors (Lipinski definition) is 1. The van der Waals surface area contributed by atoms with Crippen molar-refractivity contribution in [3.8, 4) is 11.4 Å². The molecule has 0 radical (unpaired) electrons. The number of pyridine rings is 1. The molecule has 0 aromatic carbocycles. The van der Waals surface area contributed by atoms with Gasteiger partial charge in [-0.05, 0) is 34.8 Å². The van der Waals surface area contributed by atoms with Crippen LogP contribution in [0.2, 0.25) is 0 Å². The molecule has 1 saturated carbocycles. The summed E-state index contributed by atoms with van der Waals surface area (Å²) in [5.41, 5.74) is 6.75. The average molecular weight is 323 g/mol. The first kappa shape index (κ1) is 12.7. The van der Waals surface area contributed by atoms with Crippen molar-refractivity contribution in [3.63, 3.8) is 0 Å². The Balaban J connectivity index is 1.91. The maximum atomic E-state index is 6.38. The van der Waals surface area contributed by atoms with Crippen molar-refractivity contribution in [2.75, 3.05) is 0 Å². The molecule has 1 aliphatic carbocycles. The zero-order valence-electron chi connectivity index (χ0n) is 10.5. The molecule has 0 saturated heterocycles. The lowest BCUT2D eigenvalue weighted by molar-refractivity contribution is 0.220. The Hall–Kier alpha value is -1.27. The van der Waals surface area contributed by atoms with Gasteiger partial charge in [0.1, 0.15) is 0 Å². The summed E-state index contributed by atoms with van der Waals surface area (Å²) in [7, 11) is 0. The molecule has 0 aliphatic heterocycles. The summed E-state index contributed by atoms with van der Waals surface area (Å²) in [6, 6.07) is 1.91. The third-order valence-corrected chi connectivity index (χ3v) is 3.99. The lowest BCUT2D eigenvalue weighted by Gasteiger charge is -2.29. The van der Waals surface area contributed by atoms with Crippen LogP contribution in [0.1, 0.15) is 38.0 Å². The van der Waals surface area contributed by atoms with Crippen LogP contribution in [0, 0.1) is 0 Å². The molecule has 2 heterocycles. The first-order valence-corrected chi connectivity index (χ1v) is 7.21. The minimum Gasteiger partial charge on any atom is -0.337 e. The Morgan fingerprint density at radius 2 is 2.00 bits per heavy atom. The van der Waals surface area contributed by atoms with Crippen molar-refractivity contribution in [2.24, 2.45) is 5.73 Å². The van der Waals surface area contributed by atoms with Gasteiger partial charge in [-0.2, -0.15) is 4.98 Å². The second-order valence-corrected chi connectivity index (χ2v) is 5.95. The molecule has 1 fully saturated rings. The Kier molecular flexibility index (Phi) is 3.36. The molecule has 6 heteroatoms. The number of halogens is 1. The van der Waals surface area contributed by atoms with E-state index in [1.54, 1.807) is 12.4 Å². The maximum absolute atomic E-state index is 6.38. The fourth-order valence-corrected chi connectivity index (χ4v) is 2.84. The van der Waals surface area contributed by atoms with Gasteiger partial charge in [-0.15, -0.1) is 0 Å². The minimum atomic E-state index is -0.455. The van der Waals surface area contributed by atoms with Gasteiger partial charge in [0, 0.05) is 22.4 Å². The zero-order chi connectivity index (χ0) is 13.3. The second-order valence-electron chi connectivity index (χ2n) is 5.03. The largest absolute Gasteiger partial charge is 0.337 e. The summed E-state index contributed by atoms with van der Waals surface area (Å²) in [5.74, 6) is 1.08. The molecule has 0 amide bonds. The Morgan fingerprint density at radius 1 is 1.21 bits per heavy atom. The lowest BCUT2D eigenvalue weighted by Crippen LogP contribution is -2.38. The molecular formula is C13H15BrN4O. The molecule has 0 unspecified atom stereocenters. The summed E-state index contributed by atoms with van der Waals surface area (Å²) < 4.78 is 6.26. The monoisotopic (exact) mass is 322 g/mol. The Bertz CT molecular complexity index is 578. The second kappa shape index (κ2) is 5.02. The molecule has 19 heavy (non-hydrogen) atoms. The van der Waals surface area contributed by atoms with Gasteiger partial charge in [0.25, 0.3) is 0 Å². The van der Waals surface area contributed by atoms with Gasteiger partial charge >= 0.3 is 0 Å². The summed E-state index contributed by atoms with van der Waals surface area (Å²) >= 11 is 3.38. The van der Waals surface area contributed by atoms with Gasteiger partial charge < -0.3 is 10.3 Å². The third kappa shape index (κ3) is 2.55. The van der Waals surface area contributed by atoms with Crippen LogP contribution in [0.5, 0.6) is 0 Å². The van der Waals surface area contributed by atoms with Crippen LogP contribution >= 0.6 is 15.9 Å². The highest BCUT2D eigenvalue weighted by atomic mass is 79.9. The van der Waals surface area contributed by atoms with Gasteiger partial charge in [-0.3, -0.25) is 4.98 Å². The van der Waals surface area contributed by atoms with E-state index in [0.29, 0.717) is 11.7 Å². The molecule has 1 aliphatic rings. The van der Waals surface area contributed by atoms with E-state index in [9.17, 15) is 0 Å². The highest BCUT2D eigenvalue weighted by Crippen LogP contribution is 2.34. The summed E-state index contributed by atoms with van der Waals surface area (Å²) in [6.45, 7) is 0.